The highest BCUT2D eigenvalue weighted by molar-refractivity contribution is 5.76. The lowest BCUT2D eigenvalue weighted by atomic mass is 10.1. The summed E-state index contributed by atoms with van der Waals surface area (Å²) in [6, 6.07) is -0.0256. The minimum atomic E-state index is -0.110. The first-order valence-corrected chi connectivity index (χ1v) is 3.64. The second-order valence-electron chi connectivity index (χ2n) is 2.78. The van der Waals surface area contributed by atoms with Gasteiger partial charge in [0, 0.05) is 0 Å². The molecule has 3 heteroatoms. The second-order valence-corrected chi connectivity index (χ2v) is 2.78. The first-order valence-electron chi connectivity index (χ1n) is 3.64. The fraction of sp³-hybridized carbons (Fsp3) is 0.857. The van der Waals surface area contributed by atoms with E-state index in [-0.39, 0.29) is 18.1 Å². The molecule has 0 aromatic heterocycles. The van der Waals surface area contributed by atoms with E-state index in [4.69, 9.17) is 4.74 Å². The largest absolute Gasteiger partial charge is 0.462 e. The molecule has 58 valence electrons. The Balaban J connectivity index is 2.20. The van der Waals surface area contributed by atoms with Crippen molar-refractivity contribution in [1.29, 1.82) is 0 Å². The fourth-order valence-electron chi connectivity index (χ4n) is 0.804. The van der Waals surface area contributed by atoms with Gasteiger partial charge < -0.3 is 10.1 Å². The quantitative estimate of drug-likeness (QED) is 0.565. The summed E-state index contributed by atoms with van der Waals surface area (Å²) >= 11 is 0. The molecule has 1 aliphatic heterocycles. The van der Waals surface area contributed by atoms with Crippen LogP contribution in [0.2, 0.25) is 0 Å². The van der Waals surface area contributed by atoms with E-state index in [1.807, 2.05) is 13.8 Å². The van der Waals surface area contributed by atoms with Crippen molar-refractivity contribution in [3.05, 3.63) is 0 Å². The summed E-state index contributed by atoms with van der Waals surface area (Å²) in [6.07, 6.45) is 0.931. The maximum atomic E-state index is 11.0. The first-order chi connectivity index (χ1) is 4.70. The van der Waals surface area contributed by atoms with Crippen LogP contribution in [0.4, 0.5) is 0 Å². The third-order valence-corrected chi connectivity index (χ3v) is 1.46. The molecule has 1 aliphatic rings. The lowest BCUT2D eigenvalue weighted by Crippen LogP contribution is -2.49. The van der Waals surface area contributed by atoms with Crippen LogP contribution in [0.15, 0.2) is 0 Å². The molecule has 0 saturated carbocycles. The summed E-state index contributed by atoms with van der Waals surface area (Å²) in [5, 5.41) is 2.98. The predicted molar refractivity (Wildman–Crippen MR) is 37.6 cm³/mol. The third-order valence-electron chi connectivity index (χ3n) is 1.46. The monoisotopic (exact) mass is 143 g/mol. The summed E-state index contributed by atoms with van der Waals surface area (Å²) < 4.78 is 4.95. The lowest BCUT2D eigenvalue weighted by Gasteiger charge is -2.26. The molecule has 1 atom stereocenters. The van der Waals surface area contributed by atoms with Crippen molar-refractivity contribution in [2.24, 2.45) is 0 Å². The average Bonchev–Trinajstić information content (AvgIpc) is 1.55. The highest BCUT2D eigenvalue weighted by Crippen LogP contribution is 2.05. The van der Waals surface area contributed by atoms with Gasteiger partial charge in [-0.2, -0.15) is 0 Å². The molecule has 10 heavy (non-hydrogen) atoms. The smallest absolute Gasteiger partial charge is 0.323 e. The maximum absolute atomic E-state index is 11.0. The van der Waals surface area contributed by atoms with Crippen molar-refractivity contribution in [2.75, 3.05) is 6.54 Å². The van der Waals surface area contributed by atoms with Gasteiger partial charge in [0.2, 0.25) is 0 Å². The highest BCUT2D eigenvalue weighted by Gasteiger charge is 2.26. The van der Waals surface area contributed by atoms with Crippen molar-refractivity contribution < 1.29 is 9.53 Å². The van der Waals surface area contributed by atoms with E-state index in [2.05, 4.69) is 5.32 Å². The van der Waals surface area contributed by atoms with Crippen LogP contribution in [0, 0.1) is 0 Å². The molecule has 3 nitrogen and oxygen atoms in total. The van der Waals surface area contributed by atoms with E-state index < -0.39 is 0 Å². The zero-order chi connectivity index (χ0) is 7.56. The summed E-state index contributed by atoms with van der Waals surface area (Å²) in [5.41, 5.74) is 0. The van der Waals surface area contributed by atoms with E-state index in [0.717, 1.165) is 13.0 Å². The molecule has 0 aromatic rings. The summed E-state index contributed by atoms with van der Waals surface area (Å²) in [6.45, 7) is 4.66. The molecule has 1 saturated heterocycles. The van der Waals surface area contributed by atoms with Gasteiger partial charge in [0.1, 0.15) is 6.04 Å². The van der Waals surface area contributed by atoms with Crippen molar-refractivity contribution >= 4 is 5.97 Å². The maximum Gasteiger partial charge on any atom is 0.323 e. The third kappa shape index (κ3) is 1.70. The normalized spacial score (nSPS) is 24.1. The number of ether oxygens (including phenoxy) is 1. The Kier molecular flexibility index (Phi) is 2.27. The lowest BCUT2D eigenvalue weighted by molar-refractivity contribution is -0.151. The first kappa shape index (κ1) is 7.54. The molecule has 1 heterocycles. The van der Waals surface area contributed by atoms with Crippen LogP contribution >= 0.6 is 0 Å². The summed E-state index contributed by atoms with van der Waals surface area (Å²) in [7, 11) is 0. The Hall–Kier alpha value is -0.570. The number of nitrogens with one attached hydrogen (secondary N) is 1. The SMILES string of the molecule is CC(C)OC(=O)C1CCN1. The Morgan fingerprint density at radius 3 is 2.60 bits per heavy atom. The van der Waals surface area contributed by atoms with E-state index in [0.29, 0.717) is 0 Å². The van der Waals surface area contributed by atoms with Crippen molar-refractivity contribution in [2.45, 2.75) is 32.4 Å². The van der Waals surface area contributed by atoms with Crippen molar-refractivity contribution in [3.63, 3.8) is 0 Å². The topological polar surface area (TPSA) is 38.3 Å². The zero-order valence-electron chi connectivity index (χ0n) is 6.39. The minimum absolute atomic E-state index is 0.00917. The van der Waals surface area contributed by atoms with Crippen LogP contribution < -0.4 is 5.32 Å². The number of rotatable bonds is 2. The number of esters is 1. The van der Waals surface area contributed by atoms with Crippen LogP contribution in [0.25, 0.3) is 0 Å². The standard InChI is InChI=1S/C7H13NO2/c1-5(2)10-7(9)6-3-4-8-6/h5-6,8H,3-4H2,1-2H3. The molecular weight excluding hydrogens is 130 g/mol. The summed E-state index contributed by atoms with van der Waals surface area (Å²) in [5.74, 6) is -0.110. The van der Waals surface area contributed by atoms with Gasteiger partial charge in [-0.25, -0.2) is 0 Å². The second kappa shape index (κ2) is 3.01. The van der Waals surface area contributed by atoms with E-state index in [1.165, 1.54) is 0 Å². The zero-order valence-corrected chi connectivity index (χ0v) is 6.39. The highest BCUT2D eigenvalue weighted by atomic mass is 16.5. The number of carbonyl (C=O) groups excluding carboxylic acids is 1. The van der Waals surface area contributed by atoms with Gasteiger partial charge in [0.25, 0.3) is 0 Å². The van der Waals surface area contributed by atoms with Crippen LogP contribution in [-0.2, 0) is 9.53 Å². The van der Waals surface area contributed by atoms with Gasteiger partial charge in [-0.1, -0.05) is 0 Å². The molecule has 0 spiro atoms. The van der Waals surface area contributed by atoms with Gasteiger partial charge in [-0.15, -0.1) is 0 Å². The van der Waals surface area contributed by atoms with Crippen molar-refractivity contribution in [3.8, 4) is 0 Å². The van der Waals surface area contributed by atoms with Gasteiger partial charge in [0.15, 0.2) is 0 Å². The number of hydrogen-bond acceptors (Lipinski definition) is 3. The summed E-state index contributed by atoms with van der Waals surface area (Å²) in [4.78, 5) is 11.0. The fourth-order valence-corrected chi connectivity index (χ4v) is 0.804. The van der Waals surface area contributed by atoms with Crippen molar-refractivity contribution in [1.82, 2.24) is 5.32 Å². The molecule has 1 N–H and O–H groups in total. The Labute approximate surface area is 60.7 Å². The molecule has 0 aromatic carbocycles. The molecule has 0 aliphatic carbocycles. The predicted octanol–water partition coefficient (Wildman–Crippen LogP) is 0.300. The molecular formula is C7H13NO2. The Morgan fingerprint density at radius 1 is 1.70 bits per heavy atom. The van der Waals surface area contributed by atoms with Crippen LogP contribution in [0.3, 0.4) is 0 Å². The molecule has 1 unspecified atom stereocenters. The van der Waals surface area contributed by atoms with E-state index >= 15 is 0 Å². The molecule has 0 bridgehead atoms. The molecule has 1 rings (SSSR count). The van der Waals surface area contributed by atoms with Gasteiger partial charge >= 0.3 is 5.97 Å². The van der Waals surface area contributed by atoms with E-state index in [1.54, 1.807) is 0 Å². The molecule has 0 amide bonds. The Morgan fingerprint density at radius 2 is 2.30 bits per heavy atom. The van der Waals surface area contributed by atoms with Gasteiger partial charge in [-0.05, 0) is 26.8 Å². The Bertz CT molecular complexity index is 130. The molecule has 1 fully saturated rings. The molecule has 0 radical (unpaired) electrons. The average molecular weight is 143 g/mol. The number of carbonyl (C=O) groups is 1. The minimum Gasteiger partial charge on any atom is -0.462 e. The van der Waals surface area contributed by atoms with Crippen LogP contribution in [0.5, 0.6) is 0 Å². The number of hydrogen-bond donors (Lipinski definition) is 1. The van der Waals surface area contributed by atoms with E-state index in [9.17, 15) is 4.79 Å². The van der Waals surface area contributed by atoms with Gasteiger partial charge in [0.05, 0.1) is 6.10 Å². The van der Waals surface area contributed by atoms with Crippen LogP contribution in [0.1, 0.15) is 20.3 Å². The van der Waals surface area contributed by atoms with Crippen LogP contribution in [-0.4, -0.2) is 24.7 Å². The van der Waals surface area contributed by atoms with Gasteiger partial charge in [-0.3, -0.25) is 4.79 Å².